The zero-order valence-corrected chi connectivity index (χ0v) is 13.7. The van der Waals surface area contributed by atoms with Gasteiger partial charge in [0.25, 0.3) is 0 Å². The van der Waals surface area contributed by atoms with Crippen LogP contribution in [0.1, 0.15) is 39.0 Å². The first kappa shape index (κ1) is 15.9. The normalized spacial score (nSPS) is 35.1. The first-order valence-corrected chi connectivity index (χ1v) is 9.50. The summed E-state index contributed by atoms with van der Waals surface area (Å²) in [6.07, 6.45) is 4.47. The Bertz CT molecular complexity index is 367. The fraction of sp³-hybridized carbons (Fsp3) is 1.00. The van der Waals surface area contributed by atoms with Crippen molar-refractivity contribution in [3.8, 4) is 0 Å². The van der Waals surface area contributed by atoms with Gasteiger partial charge in [0.05, 0.1) is 18.5 Å². The third-order valence-electron chi connectivity index (χ3n) is 4.87. The summed E-state index contributed by atoms with van der Waals surface area (Å²) in [6, 6.07) is 0.317. The molecule has 122 valence electrons. The van der Waals surface area contributed by atoms with Crippen LogP contribution in [-0.2, 0) is 25.0 Å². The van der Waals surface area contributed by atoms with Crippen molar-refractivity contribution in [3.63, 3.8) is 0 Å². The highest BCUT2D eigenvalue weighted by Gasteiger charge is 2.47. The van der Waals surface area contributed by atoms with Crippen molar-refractivity contribution in [1.82, 2.24) is 5.32 Å². The molecule has 0 aromatic heterocycles. The Morgan fingerprint density at radius 1 is 1.14 bits per heavy atom. The van der Waals surface area contributed by atoms with Crippen LogP contribution in [0.15, 0.2) is 0 Å². The monoisotopic (exact) mass is 317 g/mol. The maximum absolute atomic E-state index is 13.1. The van der Waals surface area contributed by atoms with Crippen LogP contribution in [0.2, 0.25) is 0 Å². The lowest BCUT2D eigenvalue weighted by Gasteiger charge is -2.42. The second-order valence-corrected chi connectivity index (χ2v) is 8.12. The molecule has 1 N–H and O–H groups in total. The first-order chi connectivity index (χ1) is 10.2. The van der Waals surface area contributed by atoms with Crippen LogP contribution >= 0.6 is 0 Å². The molecule has 0 amide bonds. The average molecular weight is 317 g/mol. The molecule has 0 aromatic rings. The molecule has 3 atom stereocenters. The number of nitrogens with one attached hydrogen (secondary N) is 1. The Balaban J connectivity index is 1.71. The lowest BCUT2D eigenvalue weighted by Crippen LogP contribution is -2.54. The van der Waals surface area contributed by atoms with E-state index in [9.17, 15) is 4.21 Å². The predicted octanol–water partition coefficient (Wildman–Crippen LogP) is 1.19. The minimum atomic E-state index is -0.849. The Hall–Kier alpha value is -0.0100. The highest BCUT2D eigenvalue weighted by atomic mass is 32.2. The van der Waals surface area contributed by atoms with Gasteiger partial charge >= 0.3 is 0 Å². The molecule has 3 aliphatic rings. The van der Waals surface area contributed by atoms with Gasteiger partial charge in [-0.2, -0.15) is 0 Å². The van der Waals surface area contributed by atoms with Crippen molar-refractivity contribution in [2.75, 3.05) is 33.0 Å². The number of rotatable bonds is 4. The summed E-state index contributed by atoms with van der Waals surface area (Å²) >= 11 is 0. The SMILES string of the molecule is CCNC1CCC2(CC1S(=O)C1CCOCC1)OCCO2. The Labute approximate surface area is 129 Å². The van der Waals surface area contributed by atoms with Crippen LogP contribution in [0.4, 0.5) is 0 Å². The van der Waals surface area contributed by atoms with Gasteiger partial charge in [-0.15, -0.1) is 0 Å². The molecule has 3 fully saturated rings. The van der Waals surface area contributed by atoms with E-state index < -0.39 is 16.6 Å². The van der Waals surface area contributed by atoms with Gasteiger partial charge in [-0.05, 0) is 25.8 Å². The van der Waals surface area contributed by atoms with E-state index >= 15 is 0 Å². The highest BCUT2D eigenvalue weighted by molar-refractivity contribution is 7.86. The fourth-order valence-electron chi connectivity index (χ4n) is 3.77. The lowest BCUT2D eigenvalue weighted by atomic mass is 9.89. The Morgan fingerprint density at radius 3 is 2.52 bits per heavy atom. The molecular formula is C15H27NO4S. The van der Waals surface area contributed by atoms with Gasteiger partial charge in [0, 0.05) is 48.1 Å². The minimum Gasteiger partial charge on any atom is -0.381 e. The summed E-state index contributed by atoms with van der Waals surface area (Å²) in [6.45, 7) is 5.85. The van der Waals surface area contributed by atoms with E-state index in [0.29, 0.717) is 19.3 Å². The van der Waals surface area contributed by atoms with Crippen molar-refractivity contribution < 1.29 is 18.4 Å². The number of hydrogen-bond acceptors (Lipinski definition) is 5. The molecule has 5 nitrogen and oxygen atoms in total. The quantitative estimate of drug-likeness (QED) is 0.844. The van der Waals surface area contributed by atoms with Crippen molar-refractivity contribution in [3.05, 3.63) is 0 Å². The minimum absolute atomic E-state index is 0.125. The smallest absolute Gasteiger partial charge is 0.169 e. The second kappa shape index (κ2) is 7.04. The lowest BCUT2D eigenvalue weighted by molar-refractivity contribution is -0.178. The first-order valence-electron chi connectivity index (χ1n) is 8.22. The summed E-state index contributed by atoms with van der Waals surface area (Å²) in [5, 5.41) is 3.92. The molecule has 2 aliphatic heterocycles. The average Bonchev–Trinajstić information content (AvgIpc) is 2.98. The molecule has 3 unspecified atom stereocenters. The van der Waals surface area contributed by atoms with Gasteiger partial charge in [0.15, 0.2) is 5.79 Å². The van der Waals surface area contributed by atoms with Gasteiger partial charge < -0.3 is 19.5 Å². The van der Waals surface area contributed by atoms with Crippen molar-refractivity contribution in [2.24, 2.45) is 0 Å². The van der Waals surface area contributed by atoms with E-state index in [2.05, 4.69) is 12.2 Å². The molecule has 2 saturated heterocycles. The van der Waals surface area contributed by atoms with Crippen molar-refractivity contribution in [2.45, 2.75) is 61.4 Å². The molecule has 1 spiro atoms. The Morgan fingerprint density at radius 2 is 1.86 bits per heavy atom. The molecule has 1 aliphatic carbocycles. The van der Waals surface area contributed by atoms with E-state index in [1.54, 1.807) is 0 Å². The predicted molar refractivity (Wildman–Crippen MR) is 81.7 cm³/mol. The zero-order valence-electron chi connectivity index (χ0n) is 12.8. The highest BCUT2D eigenvalue weighted by Crippen LogP contribution is 2.39. The van der Waals surface area contributed by atoms with Crippen LogP contribution < -0.4 is 5.32 Å². The van der Waals surface area contributed by atoms with Crippen molar-refractivity contribution >= 4 is 10.8 Å². The van der Waals surface area contributed by atoms with Gasteiger partial charge in [0.2, 0.25) is 0 Å². The van der Waals surface area contributed by atoms with E-state index in [0.717, 1.165) is 51.9 Å². The zero-order chi connectivity index (χ0) is 14.7. The molecule has 0 aromatic carbocycles. The van der Waals surface area contributed by atoms with E-state index in [4.69, 9.17) is 14.2 Å². The van der Waals surface area contributed by atoms with E-state index in [-0.39, 0.29) is 10.5 Å². The summed E-state index contributed by atoms with van der Waals surface area (Å²) in [5.41, 5.74) is 0. The maximum Gasteiger partial charge on any atom is 0.169 e. The van der Waals surface area contributed by atoms with Crippen LogP contribution in [0, 0.1) is 0 Å². The third-order valence-corrected chi connectivity index (χ3v) is 7.09. The largest absolute Gasteiger partial charge is 0.381 e. The van der Waals surface area contributed by atoms with E-state index in [1.807, 2.05) is 0 Å². The van der Waals surface area contributed by atoms with Crippen LogP contribution in [0.5, 0.6) is 0 Å². The fourth-order valence-corrected chi connectivity index (χ4v) is 5.89. The van der Waals surface area contributed by atoms with Crippen LogP contribution in [0.25, 0.3) is 0 Å². The van der Waals surface area contributed by atoms with Gasteiger partial charge in [-0.1, -0.05) is 6.92 Å². The Kier molecular flexibility index (Phi) is 5.32. The molecule has 21 heavy (non-hydrogen) atoms. The maximum atomic E-state index is 13.1. The molecular weight excluding hydrogens is 290 g/mol. The van der Waals surface area contributed by atoms with Gasteiger partial charge in [-0.3, -0.25) is 4.21 Å². The molecule has 0 radical (unpaired) electrons. The van der Waals surface area contributed by atoms with Gasteiger partial charge in [-0.25, -0.2) is 0 Å². The van der Waals surface area contributed by atoms with Gasteiger partial charge in [0.1, 0.15) is 0 Å². The molecule has 6 heteroatoms. The van der Waals surface area contributed by atoms with Crippen LogP contribution in [-0.4, -0.2) is 59.5 Å². The topological polar surface area (TPSA) is 56.8 Å². The summed E-state index contributed by atoms with van der Waals surface area (Å²) in [4.78, 5) is 0. The standard InChI is InChI=1S/C15H27NO4S/c1-2-16-13-3-6-15(19-9-10-20-15)11-14(13)21(17)12-4-7-18-8-5-12/h12-14,16H,2-11H2,1H3. The number of ether oxygens (including phenoxy) is 3. The molecule has 3 rings (SSSR count). The van der Waals surface area contributed by atoms with Crippen molar-refractivity contribution in [1.29, 1.82) is 0 Å². The third kappa shape index (κ3) is 3.50. The number of hydrogen-bond donors (Lipinski definition) is 1. The second-order valence-electron chi connectivity index (χ2n) is 6.19. The molecule has 2 heterocycles. The molecule has 1 saturated carbocycles. The summed E-state index contributed by atoms with van der Waals surface area (Å²) < 4.78 is 30.2. The summed E-state index contributed by atoms with van der Waals surface area (Å²) in [5.74, 6) is -0.461. The van der Waals surface area contributed by atoms with E-state index in [1.165, 1.54) is 0 Å². The molecule has 0 bridgehead atoms. The van der Waals surface area contributed by atoms with Crippen LogP contribution in [0.3, 0.4) is 0 Å². The summed E-state index contributed by atoms with van der Waals surface area (Å²) in [7, 11) is -0.849.